The zero-order valence-electron chi connectivity index (χ0n) is 15.1. The van der Waals surface area contributed by atoms with Gasteiger partial charge in [0.15, 0.2) is 11.5 Å². The molecule has 0 aromatic heterocycles. The third-order valence-electron chi connectivity index (χ3n) is 4.50. The van der Waals surface area contributed by atoms with Crippen molar-refractivity contribution in [1.29, 1.82) is 0 Å². The number of benzene rings is 1. The lowest BCUT2D eigenvalue weighted by molar-refractivity contribution is -0.121. The topological polar surface area (TPSA) is 76.7 Å². The van der Waals surface area contributed by atoms with Crippen LogP contribution < -0.4 is 20.1 Å². The average Bonchev–Trinajstić information content (AvgIpc) is 2.89. The van der Waals surface area contributed by atoms with Gasteiger partial charge in [0.25, 0.3) is 5.91 Å². The van der Waals surface area contributed by atoms with E-state index in [1.54, 1.807) is 25.3 Å². The fraction of sp³-hybridized carbons (Fsp3) is 0.579. The molecule has 1 aliphatic carbocycles. The summed E-state index contributed by atoms with van der Waals surface area (Å²) in [5.41, 5.74) is 0.474. The van der Waals surface area contributed by atoms with Crippen LogP contribution in [0.4, 0.5) is 0 Å². The second kappa shape index (κ2) is 9.91. The van der Waals surface area contributed by atoms with Gasteiger partial charge in [0.1, 0.15) is 0 Å². The minimum Gasteiger partial charge on any atom is -0.493 e. The highest BCUT2D eigenvalue weighted by molar-refractivity contribution is 5.95. The first-order valence-corrected chi connectivity index (χ1v) is 8.93. The molecule has 25 heavy (non-hydrogen) atoms. The molecule has 2 N–H and O–H groups in total. The lowest BCUT2D eigenvalue weighted by Gasteiger charge is -2.16. The molecule has 2 rings (SSSR count). The maximum absolute atomic E-state index is 12.2. The van der Waals surface area contributed by atoms with E-state index in [0.29, 0.717) is 23.6 Å². The lowest BCUT2D eigenvalue weighted by atomic mass is 10.1. The number of hydrogen-bond acceptors (Lipinski definition) is 4. The Labute approximate surface area is 149 Å². The molecule has 1 fully saturated rings. The van der Waals surface area contributed by atoms with Crippen LogP contribution in [-0.2, 0) is 4.79 Å². The van der Waals surface area contributed by atoms with Crippen LogP contribution in [0.5, 0.6) is 11.5 Å². The Hall–Kier alpha value is -2.24. The first-order chi connectivity index (χ1) is 12.1. The van der Waals surface area contributed by atoms with Gasteiger partial charge in [0, 0.05) is 24.6 Å². The second-order valence-electron chi connectivity index (χ2n) is 6.33. The molecule has 0 radical (unpaired) electrons. The van der Waals surface area contributed by atoms with Gasteiger partial charge >= 0.3 is 0 Å². The van der Waals surface area contributed by atoms with Crippen molar-refractivity contribution in [2.24, 2.45) is 0 Å². The van der Waals surface area contributed by atoms with E-state index in [2.05, 4.69) is 10.6 Å². The monoisotopic (exact) mass is 348 g/mol. The predicted octanol–water partition coefficient (Wildman–Crippen LogP) is 2.66. The molecule has 0 unspecified atom stereocenters. The highest BCUT2D eigenvalue weighted by atomic mass is 16.5. The van der Waals surface area contributed by atoms with Crippen molar-refractivity contribution in [1.82, 2.24) is 10.6 Å². The third-order valence-corrected chi connectivity index (χ3v) is 4.50. The molecule has 1 aromatic carbocycles. The number of carbonyl (C=O) groups excluding carboxylic acids is 2. The smallest absolute Gasteiger partial charge is 0.251 e. The summed E-state index contributed by atoms with van der Waals surface area (Å²) in [6.07, 6.45) is 7.28. The van der Waals surface area contributed by atoms with E-state index in [4.69, 9.17) is 9.47 Å². The SMILES string of the molecule is COc1ccc(C(=O)NCCC(=O)NC2CCCCCC2)cc1OC. The molecule has 0 spiro atoms. The van der Waals surface area contributed by atoms with Crippen molar-refractivity contribution >= 4 is 11.8 Å². The molecule has 2 amide bonds. The van der Waals surface area contributed by atoms with Gasteiger partial charge < -0.3 is 20.1 Å². The molecule has 0 bridgehead atoms. The Bertz CT molecular complexity index is 581. The van der Waals surface area contributed by atoms with Crippen molar-refractivity contribution in [3.63, 3.8) is 0 Å². The molecule has 6 nitrogen and oxygen atoms in total. The Balaban J connectivity index is 1.76. The third kappa shape index (κ3) is 5.96. The number of amides is 2. The summed E-state index contributed by atoms with van der Waals surface area (Å²) in [4.78, 5) is 24.2. The van der Waals surface area contributed by atoms with E-state index in [-0.39, 0.29) is 24.3 Å². The lowest BCUT2D eigenvalue weighted by Crippen LogP contribution is -2.36. The van der Waals surface area contributed by atoms with E-state index in [1.807, 2.05) is 0 Å². The summed E-state index contributed by atoms with van der Waals surface area (Å²) in [5.74, 6) is 0.839. The van der Waals surface area contributed by atoms with Crippen LogP contribution in [0.15, 0.2) is 18.2 Å². The summed E-state index contributed by atoms with van der Waals surface area (Å²) in [6.45, 7) is 0.311. The largest absolute Gasteiger partial charge is 0.493 e. The molecule has 0 heterocycles. The van der Waals surface area contributed by atoms with Crippen molar-refractivity contribution in [3.8, 4) is 11.5 Å². The number of carbonyl (C=O) groups is 2. The number of hydrogen-bond donors (Lipinski definition) is 2. The van der Waals surface area contributed by atoms with Gasteiger partial charge in [-0.25, -0.2) is 0 Å². The van der Waals surface area contributed by atoms with Gasteiger partial charge in [0.05, 0.1) is 14.2 Å². The summed E-state index contributed by atoms with van der Waals surface area (Å²) in [6, 6.07) is 5.27. The van der Waals surface area contributed by atoms with Crippen LogP contribution in [0.3, 0.4) is 0 Å². The fourth-order valence-corrected chi connectivity index (χ4v) is 3.09. The maximum atomic E-state index is 12.2. The Kier molecular flexibility index (Phi) is 7.57. The molecule has 138 valence electrons. The van der Waals surface area contributed by atoms with E-state index in [9.17, 15) is 9.59 Å². The van der Waals surface area contributed by atoms with Gasteiger partial charge in [-0.2, -0.15) is 0 Å². The number of methoxy groups -OCH3 is 2. The average molecular weight is 348 g/mol. The first-order valence-electron chi connectivity index (χ1n) is 8.93. The summed E-state index contributed by atoms with van der Waals surface area (Å²) < 4.78 is 10.4. The molecule has 1 saturated carbocycles. The summed E-state index contributed by atoms with van der Waals surface area (Å²) in [5, 5.41) is 5.85. The summed E-state index contributed by atoms with van der Waals surface area (Å²) in [7, 11) is 3.07. The van der Waals surface area contributed by atoms with E-state index in [1.165, 1.54) is 32.8 Å². The molecule has 1 aliphatic rings. The minimum atomic E-state index is -0.233. The van der Waals surface area contributed by atoms with Crippen molar-refractivity contribution in [2.75, 3.05) is 20.8 Å². The standard InChI is InChI=1S/C19H28N2O4/c1-24-16-10-9-14(13-17(16)25-2)19(23)20-12-11-18(22)21-15-7-5-3-4-6-8-15/h9-10,13,15H,3-8,11-12H2,1-2H3,(H,20,23)(H,21,22). The number of ether oxygens (including phenoxy) is 2. The number of rotatable bonds is 7. The molecule has 0 atom stereocenters. The number of nitrogens with one attached hydrogen (secondary N) is 2. The van der Waals surface area contributed by atoms with Gasteiger partial charge in [-0.15, -0.1) is 0 Å². The minimum absolute atomic E-state index is 0.000452. The van der Waals surface area contributed by atoms with Crippen molar-refractivity contribution in [2.45, 2.75) is 51.0 Å². The van der Waals surface area contributed by atoms with Crippen LogP contribution >= 0.6 is 0 Å². The van der Waals surface area contributed by atoms with Crippen LogP contribution in [0.1, 0.15) is 55.3 Å². The normalized spacial score (nSPS) is 15.1. The molecule has 0 saturated heterocycles. The van der Waals surface area contributed by atoms with Crippen molar-refractivity contribution in [3.05, 3.63) is 23.8 Å². The highest BCUT2D eigenvalue weighted by Crippen LogP contribution is 2.27. The Morgan fingerprint density at radius 2 is 1.72 bits per heavy atom. The summed E-state index contributed by atoms with van der Waals surface area (Å²) >= 11 is 0. The Morgan fingerprint density at radius 3 is 2.36 bits per heavy atom. The van der Waals surface area contributed by atoms with Crippen molar-refractivity contribution < 1.29 is 19.1 Å². The fourth-order valence-electron chi connectivity index (χ4n) is 3.09. The Morgan fingerprint density at radius 1 is 1.04 bits per heavy atom. The van der Waals surface area contributed by atoms with Gasteiger partial charge in [0.2, 0.25) is 5.91 Å². The van der Waals surface area contributed by atoms with E-state index in [0.717, 1.165) is 12.8 Å². The van der Waals surface area contributed by atoms with Gasteiger partial charge in [-0.05, 0) is 31.0 Å². The zero-order chi connectivity index (χ0) is 18.1. The van der Waals surface area contributed by atoms with Gasteiger partial charge in [-0.3, -0.25) is 9.59 Å². The van der Waals surface area contributed by atoms with E-state index < -0.39 is 0 Å². The van der Waals surface area contributed by atoms with E-state index >= 15 is 0 Å². The quantitative estimate of drug-likeness (QED) is 0.743. The van der Waals surface area contributed by atoms with Crippen LogP contribution in [-0.4, -0.2) is 38.6 Å². The molecule has 0 aliphatic heterocycles. The van der Waals surface area contributed by atoms with Crippen LogP contribution in [0, 0.1) is 0 Å². The second-order valence-corrected chi connectivity index (χ2v) is 6.33. The highest BCUT2D eigenvalue weighted by Gasteiger charge is 2.15. The predicted molar refractivity (Wildman–Crippen MR) is 96.1 cm³/mol. The molecule has 1 aromatic rings. The molecular weight excluding hydrogens is 320 g/mol. The van der Waals surface area contributed by atoms with Crippen LogP contribution in [0.25, 0.3) is 0 Å². The molecular formula is C19H28N2O4. The zero-order valence-corrected chi connectivity index (χ0v) is 15.1. The first kappa shape index (κ1) is 19.1. The maximum Gasteiger partial charge on any atom is 0.251 e. The van der Waals surface area contributed by atoms with Crippen LogP contribution in [0.2, 0.25) is 0 Å². The molecule has 6 heteroatoms. The van der Waals surface area contributed by atoms with Gasteiger partial charge in [-0.1, -0.05) is 25.7 Å².